The molecule has 7 nitrogen and oxygen atoms in total. The Bertz CT molecular complexity index is 1460. The van der Waals surface area contributed by atoms with E-state index in [0.29, 0.717) is 36.9 Å². The van der Waals surface area contributed by atoms with E-state index in [1.54, 1.807) is 19.4 Å². The highest BCUT2D eigenvalue weighted by atomic mass is 16.5. The molecular weight excluding hydrogens is 430 g/mol. The minimum absolute atomic E-state index is 0.125. The number of fused-ring (bicyclic) bond motifs is 4. The molecule has 2 aliphatic heterocycles. The summed E-state index contributed by atoms with van der Waals surface area (Å²) >= 11 is 0. The number of rotatable bonds is 4. The van der Waals surface area contributed by atoms with Crippen LogP contribution in [-0.4, -0.2) is 34.1 Å². The summed E-state index contributed by atoms with van der Waals surface area (Å²) in [4.78, 5) is 19.8. The second-order valence-electron chi connectivity index (χ2n) is 8.52. The molecule has 34 heavy (non-hydrogen) atoms. The van der Waals surface area contributed by atoms with Crippen molar-refractivity contribution in [2.75, 3.05) is 13.8 Å². The van der Waals surface area contributed by atoms with Gasteiger partial charge in [-0.2, -0.15) is 0 Å². The molecule has 0 N–H and O–H groups in total. The monoisotopic (exact) mass is 453 g/mol. The summed E-state index contributed by atoms with van der Waals surface area (Å²) in [7, 11) is 3.62. The van der Waals surface area contributed by atoms with E-state index >= 15 is 0 Å². The summed E-state index contributed by atoms with van der Waals surface area (Å²) in [6.07, 6.45) is 5.59. The molecule has 170 valence electrons. The van der Waals surface area contributed by atoms with Crippen molar-refractivity contribution in [3.05, 3.63) is 89.1 Å². The van der Waals surface area contributed by atoms with Crippen molar-refractivity contribution in [2.24, 2.45) is 7.05 Å². The molecule has 2 aromatic carbocycles. The quantitative estimate of drug-likeness (QED) is 0.423. The zero-order valence-electron chi connectivity index (χ0n) is 18.9. The molecule has 2 aromatic heterocycles. The molecule has 2 aliphatic rings. The number of ether oxygens (including phenoxy) is 3. The van der Waals surface area contributed by atoms with E-state index in [1.165, 1.54) is 0 Å². The second kappa shape index (κ2) is 8.04. The van der Waals surface area contributed by atoms with Crippen LogP contribution < -0.4 is 14.2 Å². The lowest BCUT2D eigenvalue weighted by Gasteiger charge is -2.29. The van der Waals surface area contributed by atoms with E-state index in [-0.39, 0.29) is 5.78 Å². The molecule has 0 unspecified atom stereocenters. The van der Waals surface area contributed by atoms with Crippen molar-refractivity contribution in [1.82, 2.24) is 14.5 Å². The van der Waals surface area contributed by atoms with Gasteiger partial charge in [0.05, 0.1) is 23.9 Å². The minimum atomic E-state index is -0.125. The number of aromatic nitrogens is 2. The van der Waals surface area contributed by atoms with Crippen LogP contribution >= 0.6 is 0 Å². The largest absolute Gasteiger partial charge is 0.497 e. The number of pyridine rings is 1. The van der Waals surface area contributed by atoms with Gasteiger partial charge in [0, 0.05) is 49.0 Å². The highest BCUT2D eigenvalue weighted by Gasteiger charge is 2.34. The summed E-state index contributed by atoms with van der Waals surface area (Å²) in [5, 5.41) is 0.994. The molecule has 6 rings (SSSR count). The van der Waals surface area contributed by atoms with E-state index in [0.717, 1.165) is 39.2 Å². The molecule has 0 saturated carbocycles. The Morgan fingerprint density at radius 3 is 2.91 bits per heavy atom. The molecule has 0 radical (unpaired) electrons. The number of Topliss-reactive ketones (excluding diaryl/α,β-unsaturated/α-hetero) is 1. The van der Waals surface area contributed by atoms with Gasteiger partial charge >= 0.3 is 0 Å². The summed E-state index contributed by atoms with van der Waals surface area (Å²) in [5.74, 6) is 2.27. The normalized spacial score (nSPS) is 16.3. The highest BCUT2D eigenvalue weighted by Crippen LogP contribution is 2.42. The van der Waals surface area contributed by atoms with E-state index in [9.17, 15) is 4.79 Å². The van der Waals surface area contributed by atoms with E-state index in [2.05, 4.69) is 9.88 Å². The second-order valence-corrected chi connectivity index (χ2v) is 8.52. The van der Waals surface area contributed by atoms with Crippen LogP contribution in [0.15, 0.2) is 66.7 Å². The molecule has 0 atom stereocenters. The number of ketones is 1. The van der Waals surface area contributed by atoms with Crippen LogP contribution in [0.1, 0.15) is 27.2 Å². The predicted octanol–water partition coefficient (Wildman–Crippen LogP) is 4.55. The van der Waals surface area contributed by atoms with E-state index in [4.69, 9.17) is 14.2 Å². The minimum Gasteiger partial charge on any atom is -0.497 e. The van der Waals surface area contributed by atoms with Gasteiger partial charge in [0.25, 0.3) is 0 Å². The first-order valence-corrected chi connectivity index (χ1v) is 11.1. The molecule has 0 bridgehead atoms. The number of carbonyl (C=O) groups excluding carboxylic acids is 1. The van der Waals surface area contributed by atoms with Gasteiger partial charge in [-0.15, -0.1) is 0 Å². The van der Waals surface area contributed by atoms with Crippen LogP contribution in [0.3, 0.4) is 0 Å². The smallest absolute Gasteiger partial charge is 0.231 e. The van der Waals surface area contributed by atoms with Crippen LogP contribution in [0.2, 0.25) is 0 Å². The van der Waals surface area contributed by atoms with Crippen molar-refractivity contribution in [2.45, 2.75) is 13.1 Å². The average molecular weight is 453 g/mol. The van der Waals surface area contributed by atoms with Crippen molar-refractivity contribution < 1.29 is 19.0 Å². The maximum atomic E-state index is 13.2. The van der Waals surface area contributed by atoms with Crippen molar-refractivity contribution >= 4 is 22.8 Å². The SMILES string of the molecule is COc1ccc2c(c1)c(/C=C1\Oc3c(ccc4c3CN(Cc3ccccn3)CO4)C1=O)cn2C. The number of methoxy groups -OCH3 is 1. The van der Waals surface area contributed by atoms with Crippen LogP contribution in [0.25, 0.3) is 17.0 Å². The lowest BCUT2D eigenvalue weighted by molar-refractivity contribution is 0.0861. The maximum Gasteiger partial charge on any atom is 0.231 e. The van der Waals surface area contributed by atoms with E-state index in [1.807, 2.05) is 66.4 Å². The van der Waals surface area contributed by atoms with Gasteiger partial charge < -0.3 is 18.8 Å². The summed E-state index contributed by atoms with van der Waals surface area (Å²) in [6.45, 7) is 1.72. The van der Waals surface area contributed by atoms with E-state index < -0.39 is 0 Å². The van der Waals surface area contributed by atoms with Gasteiger partial charge in [0.15, 0.2) is 5.76 Å². The lowest BCUT2D eigenvalue weighted by Crippen LogP contribution is -2.32. The third-order valence-corrected chi connectivity index (χ3v) is 6.31. The number of hydrogen-bond acceptors (Lipinski definition) is 6. The fourth-order valence-corrected chi connectivity index (χ4v) is 4.61. The predicted molar refractivity (Wildman–Crippen MR) is 128 cm³/mol. The fraction of sp³-hybridized carbons (Fsp3) is 0.185. The molecule has 0 fully saturated rings. The van der Waals surface area contributed by atoms with Crippen LogP contribution in [0.5, 0.6) is 17.2 Å². The molecule has 4 aromatic rings. The molecule has 0 amide bonds. The third kappa shape index (κ3) is 3.41. The Morgan fingerprint density at radius 1 is 1.18 bits per heavy atom. The Hall–Kier alpha value is -4.10. The third-order valence-electron chi connectivity index (χ3n) is 6.31. The number of allylic oxidation sites excluding steroid dienone is 1. The zero-order valence-corrected chi connectivity index (χ0v) is 18.9. The molecule has 0 saturated heterocycles. The van der Waals surface area contributed by atoms with Gasteiger partial charge in [-0.25, -0.2) is 0 Å². The fourth-order valence-electron chi connectivity index (χ4n) is 4.61. The topological polar surface area (TPSA) is 65.8 Å². The number of aryl methyl sites for hydroxylation is 1. The van der Waals surface area contributed by atoms with Crippen molar-refractivity contribution in [3.8, 4) is 17.2 Å². The van der Waals surface area contributed by atoms with Gasteiger partial charge in [0.1, 0.15) is 24.0 Å². The Labute approximate surface area is 196 Å². The Balaban J connectivity index is 1.33. The molecular formula is C27H23N3O4. The molecule has 0 aliphatic carbocycles. The molecule has 4 heterocycles. The summed E-state index contributed by atoms with van der Waals surface area (Å²) < 4.78 is 19.6. The van der Waals surface area contributed by atoms with Crippen LogP contribution in [0, 0.1) is 0 Å². The molecule has 7 heteroatoms. The lowest BCUT2D eigenvalue weighted by atomic mass is 10.0. The summed E-state index contributed by atoms with van der Waals surface area (Å²) in [6, 6.07) is 15.4. The average Bonchev–Trinajstić information content (AvgIpc) is 3.35. The first kappa shape index (κ1) is 20.5. The van der Waals surface area contributed by atoms with Gasteiger partial charge in [-0.05, 0) is 48.5 Å². The first-order chi connectivity index (χ1) is 16.6. The molecule has 0 spiro atoms. The number of carbonyl (C=O) groups is 1. The number of hydrogen-bond donors (Lipinski definition) is 0. The van der Waals surface area contributed by atoms with Crippen LogP contribution in [-0.2, 0) is 20.1 Å². The Kier molecular flexibility index (Phi) is 4.85. The standard InChI is InChI=1S/C27H23N3O4/c1-29-13-17(21-12-19(32-2)6-8-23(21)29)11-25-26(31)20-7-9-24-22(27(20)34-25)15-30(16-33-24)14-18-5-3-4-10-28-18/h3-13H,14-16H2,1-2H3/b25-11-. The highest BCUT2D eigenvalue weighted by molar-refractivity contribution is 6.15. The Morgan fingerprint density at radius 2 is 2.09 bits per heavy atom. The van der Waals surface area contributed by atoms with Gasteiger partial charge in [0.2, 0.25) is 5.78 Å². The maximum absolute atomic E-state index is 13.2. The van der Waals surface area contributed by atoms with Crippen LogP contribution in [0.4, 0.5) is 0 Å². The zero-order chi connectivity index (χ0) is 23.2. The van der Waals surface area contributed by atoms with Gasteiger partial charge in [-0.1, -0.05) is 6.07 Å². The number of nitrogens with zero attached hydrogens (tertiary/aromatic N) is 3. The number of benzene rings is 2. The van der Waals surface area contributed by atoms with Crippen molar-refractivity contribution in [3.63, 3.8) is 0 Å². The van der Waals surface area contributed by atoms with Crippen molar-refractivity contribution in [1.29, 1.82) is 0 Å². The first-order valence-electron chi connectivity index (χ1n) is 11.1. The summed E-state index contributed by atoms with van der Waals surface area (Å²) in [5.41, 5.74) is 4.36. The van der Waals surface area contributed by atoms with Gasteiger partial charge in [-0.3, -0.25) is 14.7 Å².